The molecular formula is C12H7F3N2. The maximum Gasteiger partial charge on any atom is 0.393 e. The number of nitrogens with zero attached hydrogens (tertiary/aromatic N) is 2. The average Bonchev–Trinajstić information content (AvgIpc) is 2.24. The molecule has 5 heteroatoms. The van der Waals surface area contributed by atoms with Crippen LogP contribution in [-0.2, 0) is 6.42 Å². The molecule has 17 heavy (non-hydrogen) atoms. The molecule has 0 fully saturated rings. The first-order valence-electron chi connectivity index (χ1n) is 4.62. The number of nitriles is 2. The van der Waals surface area contributed by atoms with Crippen LogP contribution in [0.2, 0.25) is 0 Å². The number of allylic oxidation sites excluding steroid dienone is 1. The van der Waals surface area contributed by atoms with Gasteiger partial charge in [-0.15, -0.1) is 0 Å². The van der Waals surface area contributed by atoms with Crippen LogP contribution in [0.25, 0.3) is 6.08 Å². The molecular weight excluding hydrogens is 229 g/mol. The first-order valence-corrected chi connectivity index (χ1v) is 4.62. The van der Waals surface area contributed by atoms with E-state index in [2.05, 4.69) is 0 Å². The Hall–Kier alpha value is -2.27. The highest BCUT2D eigenvalue weighted by Gasteiger charge is 2.27. The van der Waals surface area contributed by atoms with Crippen molar-refractivity contribution in [3.05, 3.63) is 41.0 Å². The van der Waals surface area contributed by atoms with Crippen molar-refractivity contribution in [2.75, 3.05) is 0 Å². The molecule has 1 aromatic carbocycles. The van der Waals surface area contributed by atoms with E-state index in [-0.39, 0.29) is 11.1 Å². The largest absolute Gasteiger partial charge is 0.393 e. The van der Waals surface area contributed by atoms with Crippen LogP contribution in [0.3, 0.4) is 0 Å². The van der Waals surface area contributed by atoms with Crippen LogP contribution < -0.4 is 0 Å². The number of alkyl halides is 3. The summed E-state index contributed by atoms with van der Waals surface area (Å²) in [6.07, 6.45) is -4.04. The van der Waals surface area contributed by atoms with Crippen molar-refractivity contribution >= 4 is 6.08 Å². The van der Waals surface area contributed by atoms with Crippen LogP contribution in [0, 0.1) is 22.7 Å². The normalized spacial score (nSPS) is 10.2. The smallest absolute Gasteiger partial charge is 0.192 e. The van der Waals surface area contributed by atoms with Gasteiger partial charge in [-0.2, -0.15) is 23.7 Å². The molecule has 0 aliphatic carbocycles. The molecule has 1 rings (SSSR count). The third-order valence-corrected chi connectivity index (χ3v) is 1.91. The molecule has 0 amide bonds. The first-order chi connectivity index (χ1) is 7.94. The predicted molar refractivity (Wildman–Crippen MR) is 55.4 cm³/mol. The summed E-state index contributed by atoms with van der Waals surface area (Å²) < 4.78 is 36.4. The van der Waals surface area contributed by atoms with E-state index in [0.717, 1.165) is 0 Å². The van der Waals surface area contributed by atoms with Crippen molar-refractivity contribution < 1.29 is 13.2 Å². The van der Waals surface area contributed by atoms with Crippen molar-refractivity contribution in [1.82, 2.24) is 0 Å². The molecule has 0 unspecified atom stereocenters. The number of hydrogen-bond acceptors (Lipinski definition) is 2. The number of rotatable bonds is 2. The Balaban J connectivity index is 3.00. The Labute approximate surface area is 96.2 Å². The summed E-state index contributed by atoms with van der Waals surface area (Å²) in [5, 5.41) is 17.0. The zero-order chi connectivity index (χ0) is 12.9. The zero-order valence-corrected chi connectivity index (χ0v) is 8.62. The van der Waals surface area contributed by atoms with Gasteiger partial charge in [-0.25, -0.2) is 0 Å². The Morgan fingerprint density at radius 2 is 1.88 bits per heavy atom. The Kier molecular flexibility index (Phi) is 3.90. The SMILES string of the molecule is N#CC(C#N)=Cc1cccc(CC(F)(F)F)c1. The lowest BCUT2D eigenvalue weighted by Crippen LogP contribution is -2.11. The summed E-state index contributed by atoms with van der Waals surface area (Å²) in [5.74, 6) is 0. The van der Waals surface area contributed by atoms with Gasteiger partial charge >= 0.3 is 6.18 Å². The van der Waals surface area contributed by atoms with Crippen molar-refractivity contribution in [3.8, 4) is 12.1 Å². The first kappa shape index (κ1) is 12.8. The molecule has 0 spiro atoms. The highest BCUT2D eigenvalue weighted by Crippen LogP contribution is 2.22. The lowest BCUT2D eigenvalue weighted by molar-refractivity contribution is -0.127. The molecule has 0 heterocycles. The Morgan fingerprint density at radius 3 is 2.41 bits per heavy atom. The number of benzene rings is 1. The van der Waals surface area contributed by atoms with Gasteiger partial charge in [0.15, 0.2) is 0 Å². The zero-order valence-electron chi connectivity index (χ0n) is 8.62. The van der Waals surface area contributed by atoms with Gasteiger partial charge in [0.2, 0.25) is 0 Å². The standard InChI is InChI=1S/C12H7F3N2/c13-12(14,15)6-10-3-1-2-9(4-10)5-11(7-16)8-17/h1-5H,6H2. The van der Waals surface area contributed by atoms with Gasteiger partial charge in [-0.1, -0.05) is 24.3 Å². The van der Waals surface area contributed by atoms with E-state index in [1.165, 1.54) is 30.3 Å². The van der Waals surface area contributed by atoms with Gasteiger partial charge in [-0.3, -0.25) is 0 Å². The average molecular weight is 236 g/mol. The quantitative estimate of drug-likeness (QED) is 0.740. The van der Waals surface area contributed by atoms with Gasteiger partial charge in [0.1, 0.15) is 17.7 Å². The van der Waals surface area contributed by atoms with Crippen LogP contribution >= 0.6 is 0 Å². The van der Waals surface area contributed by atoms with Crippen LogP contribution in [0.4, 0.5) is 13.2 Å². The van der Waals surface area contributed by atoms with E-state index < -0.39 is 12.6 Å². The third-order valence-electron chi connectivity index (χ3n) is 1.91. The predicted octanol–water partition coefficient (Wildman–Crippen LogP) is 3.22. The fourth-order valence-electron chi connectivity index (χ4n) is 1.28. The van der Waals surface area contributed by atoms with Gasteiger partial charge < -0.3 is 0 Å². The maximum atomic E-state index is 12.1. The van der Waals surface area contributed by atoms with E-state index in [4.69, 9.17) is 10.5 Å². The lowest BCUT2D eigenvalue weighted by Gasteiger charge is -2.06. The van der Waals surface area contributed by atoms with Crippen molar-refractivity contribution in [2.24, 2.45) is 0 Å². The van der Waals surface area contributed by atoms with Gasteiger partial charge in [0, 0.05) is 0 Å². The van der Waals surface area contributed by atoms with Crippen LogP contribution in [0.15, 0.2) is 29.8 Å². The monoisotopic (exact) mass is 236 g/mol. The fourth-order valence-corrected chi connectivity index (χ4v) is 1.28. The number of halogens is 3. The maximum absolute atomic E-state index is 12.1. The van der Waals surface area contributed by atoms with E-state index in [1.807, 2.05) is 0 Å². The minimum absolute atomic E-state index is 0.0986. The second-order valence-electron chi connectivity index (χ2n) is 3.32. The number of hydrogen-bond donors (Lipinski definition) is 0. The summed E-state index contributed by atoms with van der Waals surface area (Å²) in [7, 11) is 0. The highest BCUT2D eigenvalue weighted by atomic mass is 19.4. The molecule has 0 atom stereocenters. The summed E-state index contributed by atoms with van der Waals surface area (Å²) >= 11 is 0. The van der Waals surface area contributed by atoms with Gasteiger partial charge in [0.25, 0.3) is 0 Å². The molecule has 86 valence electrons. The minimum atomic E-state index is -4.27. The summed E-state index contributed by atoms with van der Waals surface area (Å²) in [6, 6.07) is 8.94. The van der Waals surface area contributed by atoms with E-state index >= 15 is 0 Å². The fraction of sp³-hybridized carbons (Fsp3) is 0.167. The molecule has 0 aromatic heterocycles. The second kappa shape index (κ2) is 5.18. The molecule has 2 nitrogen and oxygen atoms in total. The molecule has 0 saturated heterocycles. The minimum Gasteiger partial charge on any atom is -0.192 e. The molecule has 0 radical (unpaired) electrons. The lowest BCUT2D eigenvalue weighted by atomic mass is 10.1. The molecule has 0 N–H and O–H groups in total. The van der Waals surface area contributed by atoms with Crippen LogP contribution in [-0.4, -0.2) is 6.18 Å². The van der Waals surface area contributed by atoms with E-state index in [1.54, 1.807) is 12.1 Å². The van der Waals surface area contributed by atoms with Crippen molar-refractivity contribution in [2.45, 2.75) is 12.6 Å². The van der Waals surface area contributed by atoms with Gasteiger partial charge in [-0.05, 0) is 17.2 Å². The summed E-state index contributed by atoms with van der Waals surface area (Å²) in [5.41, 5.74) is 0.362. The second-order valence-corrected chi connectivity index (χ2v) is 3.32. The molecule has 0 saturated carbocycles. The third kappa shape index (κ3) is 4.40. The van der Waals surface area contributed by atoms with Crippen LogP contribution in [0.5, 0.6) is 0 Å². The highest BCUT2D eigenvalue weighted by molar-refractivity contribution is 5.62. The van der Waals surface area contributed by atoms with E-state index in [9.17, 15) is 13.2 Å². The summed E-state index contributed by atoms with van der Waals surface area (Å²) in [4.78, 5) is 0. The Bertz CT molecular complexity index is 500. The molecule has 0 aliphatic rings. The molecule has 0 bridgehead atoms. The topological polar surface area (TPSA) is 47.6 Å². The molecule has 0 aliphatic heterocycles. The van der Waals surface area contributed by atoms with E-state index in [0.29, 0.717) is 5.56 Å². The van der Waals surface area contributed by atoms with Crippen molar-refractivity contribution in [1.29, 1.82) is 10.5 Å². The Morgan fingerprint density at radius 1 is 1.24 bits per heavy atom. The summed E-state index contributed by atoms with van der Waals surface area (Å²) in [6.45, 7) is 0. The van der Waals surface area contributed by atoms with Crippen LogP contribution in [0.1, 0.15) is 11.1 Å². The van der Waals surface area contributed by atoms with Gasteiger partial charge in [0.05, 0.1) is 6.42 Å². The molecule has 1 aromatic rings. The van der Waals surface area contributed by atoms with Crippen molar-refractivity contribution in [3.63, 3.8) is 0 Å².